The predicted octanol–water partition coefficient (Wildman–Crippen LogP) is 2.23. The molecule has 1 aromatic rings. The highest BCUT2D eigenvalue weighted by atomic mass is 127. The number of benzene rings is 1. The van der Waals surface area contributed by atoms with Gasteiger partial charge in [0.2, 0.25) is 0 Å². The Labute approximate surface area is 119 Å². The summed E-state index contributed by atoms with van der Waals surface area (Å²) in [7, 11) is 0. The molecule has 1 N–H and O–H groups in total. The van der Waals surface area contributed by atoms with Crippen molar-refractivity contribution in [3.05, 3.63) is 33.4 Å². The molecule has 0 bridgehead atoms. The Morgan fingerprint density at radius 2 is 2.06 bits per heavy atom. The zero-order valence-corrected chi connectivity index (χ0v) is 12.1. The number of carboxylic acids is 1. The molecule has 5 heteroatoms. The number of nitrogens with zero attached hydrogens (tertiary/aromatic N) is 1. The molecular formula is C13H14INO3. The number of hydrogen-bond acceptors (Lipinski definition) is 2. The molecule has 0 radical (unpaired) electrons. The van der Waals surface area contributed by atoms with Crippen molar-refractivity contribution in [2.45, 2.75) is 19.4 Å². The summed E-state index contributed by atoms with van der Waals surface area (Å²) >= 11 is 2.10. The Kier molecular flexibility index (Phi) is 3.89. The van der Waals surface area contributed by atoms with Crippen LogP contribution in [0.5, 0.6) is 0 Å². The second-order valence-electron chi connectivity index (χ2n) is 4.53. The molecule has 0 aliphatic carbocycles. The van der Waals surface area contributed by atoms with Gasteiger partial charge in [-0.25, -0.2) is 4.79 Å². The fraction of sp³-hybridized carbons (Fsp3) is 0.385. The first-order valence-electron chi connectivity index (χ1n) is 5.80. The number of carbonyl (C=O) groups is 2. The molecule has 2 rings (SSSR count). The second-order valence-corrected chi connectivity index (χ2v) is 5.69. The summed E-state index contributed by atoms with van der Waals surface area (Å²) in [5.74, 6) is -1.09. The SMILES string of the molecule is CC1CCN(C(=O)c2ccccc2I)C1C(=O)O. The van der Waals surface area contributed by atoms with E-state index in [1.807, 2.05) is 19.1 Å². The van der Waals surface area contributed by atoms with Gasteiger partial charge in [-0.15, -0.1) is 0 Å². The van der Waals surface area contributed by atoms with E-state index in [9.17, 15) is 14.7 Å². The maximum absolute atomic E-state index is 12.4. The van der Waals surface area contributed by atoms with E-state index in [4.69, 9.17) is 0 Å². The number of rotatable bonds is 2. The topological polar surface area (TPSA) is 57.6 Å². The summed E-state index contributed by atoms with van der Waals surface area (Å²) in [5, 5.41) is 9.22. The van der Waals surface area contributed by atoms with Crippen LogP contribution >= 0.6 is 22.6 Å². The Balaban J connectivity index is 2.29. The van der Waals surface area contributed by atoms with E-state index in [2.05, 4.69) is 22.6 Å². The molecule has 0 saturated carbocycles. The van der Waals surface area contributed by atoms with Crippen molar-refractivity contribution in [3.63, 3.8) is 0 Å². The van der Waals surface area contributed by atoms with Crippen molar-refractivity contribution < 1.29 is 14.7 Å². The monoisotopic (exact) mass is 359 g/mol. The number of carbonyl (C=O) groups excluding carboxylic acids is 1. The fourth-order valence-electron chi connectivity index (χ4n) is 2.34. The van der Waals surface area contributed by atoms with Crippen LogP contribution in [0.1, 0.15) is 23.7 Å². The van der Waals surface area contributed by atoms with Crippen molar-refractivity contribution in [1.29, 1.82) is 0 Å². The Morgan fingerprint density at radius 3 is 2.67 bits per heavy atom. The van der Waals surface area contributed by atoms with Crippen molar-refractivity contribution in [3.8, 4) is 0 Å². The Bertz CT molecular complexity index is 489. The fourth-order valence-corrected chi connectivity index (χ4v) is 2.96. The largest absolute Gasteiger partial charge is 0.480 e. The van der Waals surface area contributed by atoms with E-state index in [0.29, 0.717) is 12.1 Å². The summed E-state index contributed by atoms with van der Waals surface area (Å²) < 4.78 is 0.851. The average molecular weight is 359 g/mol. The Morgan fingerprint density at radius 1 is 1.39 bits per heavy atom. The van der Waals surface area contributed by atoms with Crippen LogP contribution < -0.4 is 0 Å². The summed E-state index contributed by atoms with van der Waals surface area (Å²) in [4.78, 5) is 25.1. The van der Waals surface area contributed by atoms with Crippen molar-refractivity contribution in [2.75, 3.05) is 6.54 Å². The summed E-state index contributed by atoms with van der Waals surface area (Å²) in [6.07, 6.45) is 0.742. The first kappa shape index (κ1) is 13.3. The van der Waals surface area contributed by atoms with E-state index < -0.39 is 12.0 Å². The van der Waals surface area contributed by atoms with E-state index in [1.165, 1.54) is 4.90 Å². The van der Waals surface area contributed by atoms with Crippen molar-refractivity contribution in [2.24, 2.45) is 5.92 Å². The molecule has 1 fully saturated rings. The second kappa shape index (κ2) is 5.26. The van der Waals surface area contributed by atoms with Crippen LogP contribution in [0.4, 0.5) is 0 Å². The van der Waals surface area contributed by atoms with Gasteiger partial charge in [-0.2, -0.15) is 0 Å². The molecule has 18 heavy (non-hydrogen) atoms. The van der Waals surface area contributed by atoms with E-state index in [-0.39, 0.29) is 11.8 Å². The van der Waals surface area contributed by atoms with Crippen LogP contribution in [0.3, 0.4) is 0 Å². The molecule has 0 aromatic heterocycles. The molecule has 2 atom stereocenters. The summed E-state index contributed by atoms with van der Waals surface area (Å²) in [6, 6.07) is 6.55. The highest BCUT2D eigenvalue weighted by molar-refractivity contribution is 14.1. The summed E-state index contributed by atoms with van der Waals surface area (Å²) in [6.45, 7) is 2.39. The molecule has 1 aliphatic rings. The third-order valence-electron chi connectivity index (χ3n) is 3.32. The van der Waals surface area contributed by atoms with Crippen LogP contribution in [0, 0.1) is 9.49 Å². The quantitative estimate of drug-likeness (QED) is 0.824. The van der Waals surface area contributed by atoms with E-state index in [1.54, 1.807) is 12.1 Å². The standard InChI is InChI=1S/C13H14INO3/c1-8-6-7-15(11(8)13(17)18)12(16)9-4-2-3-5-10(9)14/h2-5,8,11H,6-7H2,1H3,(H,17,18). The van der Waals surface area contributed by atoms with Gasteiger partial charge in [0.25, 0.3) is 5.91 Å². The minimum Gasteiger partial charge on any atom is -0.480 e. The number of carboxylic acid groups (broad SMARTS) is 1. The molecule has 0 spiro atoms. The number of likely N-dealkylation sites (tertiary alicyclic amines) is 1. The lowest BCUT2D eigenvalue weighted by Gasteiger charge is -2.23. The number of halogens is 1. The van der Waals surface area contributed by atoms with Crippen molar-refractivity contribution in [1.82, 2.24) is 4.90 Å². The molecule has 1 amide bonds. The van der Waals surface area contributed by atoms with Gasteiger partial charge in [-0.3, -0.25) is 4.79 Å². The van der Waals surface area contributed by atoms with Gasteiger partial charge in [0, 0.05) is 10.1 Å². The lowest BCUT2D eigenvalue weighted by molar-refractivity contribution is -0.142. The molecule has 1 aliphatic heterocycles. The third kappa shape index (κ3) is 2.36. The molecule has 1 aromatic carbocycles. The van der Waals surface area contributed by atoms with Crippen LogP contribution in [0.15, 0.2) is 24.3 Å². The first-order chi connectivity index (χ1) is 8.52. The van der Waals surface area contributed by atoms with E-state index >= 15 is 0 Å². The first-order valence-corrected chi connectivity index (χ1v) is 6.88. The highest BCUT2D eigenvalue weighted by Crippen LogP contribution is 2.27. The maximum atomic E-state index is 12.4. The third-order valence-corrected chi connectivity index (χ3v) is 4.26. The minimum absolute atomic E-state index is 0.00724. The smallest absolute Gasteiger partial charge is 0.326 e. The predicted molar refractivity (Wildman–Crippen MR) is 75.4 cm³/mol. The maximum Gasteiger partial charge on any atom is 0.326 e. The van der Waals surface area contributed by atoms with Crippen LogP contribution in [-0.4, -0.2) is 34.5 Å². The minimum atomic E-state index is -0.917. The zero-order valence-electron chi connectivity index (χ0n) is 9.97. The van der Waals surface area contributed by atoms with Crippen molar-refractivity contribution >= 4 is 34.5 Å². The number of aliphatic carboxylic acids is 1. The lowest BCUT2D eigenvalue weighted by Crippen LogP contribution is -2.43. The Hall–Kier alpha value is -1.11. The van der Waals surface area contributed by atoms with Crippen LogP contribution in [0.25, 0.3) is 0 Å². The highest BCUT2D eigenvalue weighted by Gasteiger charge is 2.40. The van der Waals surface area contributed by atoms with Gasteiger partial charge in [0.1, 0.15) is 6.04 Å². The molecule has 4 nitrogen and oxygen atoms in total. The average Bonchev–Trinajstić information content (AvgIpc) is 2.71. The molecule has 96 valence electrons. The van der Waals surface area contributed by atoms with Gasteiger partial charge in [-0.05, 0) is 47.1 Å². The zero-order chi connectivity index (χ0) is 13.3. The van der Waals surface area contributed by atoms with Gasteiger partial charge in [-0.1, -0.05) is 19.1 Å². The molecular weight excluding hydrogens is 345 g/mol. The lowest BCUT2D eigenvalue weighted by atomic mass is 10.0. The molecule has 1 heterocycles. The van der Waals surface area contributed by atoms with Gasteiger partial charge in [0.05, 0.1) is 5.56 Å². The van der Waals surface area contributed by atoms with Crippen LogP contribution in [-0.2, 0) is 4.79 Å². The van der Waals surface area contributed by atoms with Gasteiger partial charge >= 0.3 is 5.97 Å². The number of amides is 1. The normalized spacial score (nSPS) is 23.1. The number of hydrogen-bond donors (Lipinski definition) is 1. The van der Waals surface area contributed by atoms with Gasteiger partial charge in [0.15, 0.2) is 0 Å². The summed E-state index contributed by atoms with van der Waals surface area (Å²) in [5.41, 5.74) is 0.582. The molecule has 1 saturated heterocycles. The van der Waals surface area contributed by atoms with Gasteiger partial charge < -0.3 is 10.0 Å². The molecule has 2 unspecified atom stereocenters. The van der Waals surface area contributed by atoms with Crippen LogP contribution in [0.2, 0.25) is 0 Å². The van der Waals surface area contributed by atoms with E-state index in [0.717, 1.165) is 9.99 Å².